The highest BCUT2D eigenvalue weighted by Gasteiger charge is 2.30. The molecule has 0 radical (unpaired) electrons. The number of aromatic nitrogens is 3. The van der Waals surface area contributed by atoms with Crippen molar-refractivity contribution in [3.05, 3.63) is 47.0 Å². The molecule has 0 bridgehead atoms. The lowest BCUT2D eigenvalue weighted by molar-refractivity contribution is 0.0720. The fourth-order valence-electron chi connectivity index (χ4n) is 3.30. The molecule has 0 saturated carbocycles. The molecule has 1 fully saturated rings. The highest BCUT2D eigenvalue weighted by molar-refractivity contribution is 5.96. The fourth-order valence-corrected chi connectivity index (χ4v) is 3.30. The third kappa shape index (κ3) is 3.55. The van der Waals surface area contributed by atoms with Crippen LogP contribution in [0.25, 0.3) is 0 Å². The van der Waals surface area contributed by atoms with E-state index < -0.39 is 0 Å². The van der Waals surface area contributed by atoms with Crippen molar-refractivity contribution in [2.75, 3.05) is 13.6 Å². The zero-order valence-corrected chi connectivity index (χ0v) is 14.8. The van der Waals surface area contributed by atoms with Crippen LogP contribution < -0.4 is 5.32 Å². The van der Waals surface area contributed by atoms with Gasteiger partial charge in [0.25, 0.3) is 11.8 Å². The van der Waals surface area contributed by atoms with Crippen molar-refractivity contribution in [2.45, 2.75) is 39.3 Å². The summed E-state index contributed by atoms with van der Waals surface area (Å²) in [6, 6.07) is 5.42. The average molecular weight is 341 g/mol. The predicted molar refractivity (Wildman–Crippen MR) is 93.4 cm³/mol. The van der Waals surface area contributed by atoms with Gasteiger partial charge in [-0.25, -0.2) is 0 Å². The molecule has 25 heavy (non-hydrogen) atoms. The van der Waals surface area contributed by atoms with Crippen molar-refractivity contribution in [3.8, 4) is 0 Å². The predicted octanol–water partition coefficient (Wildman–Crippen LogP) is 1.56. The standard InChI is InChI=1S/C18H23N5O2/c1-12-9-13(2)23(21-12)11-15-5-4-8-22(15)18(25)14-6-7-16(20-10-14)17(24)19-3/h6-7,9-10,15H,4-5,8,11H2,1-3H3,(H,19,24)/t15-/m1/s1. The van der Waals surface area contributed by atoms with E-state index in [1.807, 2.05) is 29.5 Å². The second kappa shape index (κ2) is 7.04. The Morgan fingerprint density at radius 1 is 1.32 bits per heavy atom. The summed E-state index contributed by atoms with van der Waals surface area (Å²) in [6.07, 6.45) is 3.43. The normalized spacial score (nSPS) is 16.9. The van der Waals surface area contributed by atoms with Gasteiger partial charge in [0.1, 0.15) is 5.69 Å². The monoisotopic (exact) mass is 341 g/mol. The Hall–Kier alpha value is -2.70. The van der Waals surface area contributed by atoms with E-state index in [4.69, 9.17) is 0 Å². The van der Waals surface area contributed by atoms with Crippen LogP contribution in [-0.4, -0.2) is 51.1 Å². The smallest absolute Gasteiger partial charge is 0.269 e. The number of hydrogen-bond acceptors (Lipinski definition) is 4. The van der Waals surface area contributed by atoms with Gasteiger partial charge in [-0.1, -0.05) is 0 Å². The van der Waals surface area contributed by atoms with Gasteiger partial charge in [-0.3, -0.25) is 19.3 Å². The molecule has 0 aliphatic carbocycles. The van der Waals surface area contributed by atoms with E-state index in [1.165, 1.54) is 6.20 Å². The second-order valence-corrected chi connectivity index (χ2v) is 6.42. The molecule has 0 spiro atoms. The van der Waals surface area contributed by atoms with E-state index >= 15 is 0 Å². The van der Waals surface area contributed by atoms with Gasteiger partial charge in [-0.2, -0.15) is 5.10 Å². The summed E-state index contributed by atoms with van der Waals surface area (Å²) in [5.41, 5.74) is 2.91. The molecule has 7 heteroatoms. The van der Waals surface area contributed by atoms with Crippen LogP contribution in [0.3, 0.4) is 0 Å². The number of carbonyl (C=O) groups excluding carboxylic acids is 2. The van der Waals surface area contributed by atoms with Crippen molar-refractivity contribution >= 4 is 11.8 Å². The van der Waals surface area contributed by atoms with E-state index in [-0.39, 0.29) is 17.9 Å². The number of rotatable bonds is 4. The van der Waals surface area contributed by atoms with Crippen LogP contribution in [0.4, 0.5) is 0 Å². The SMILES string of the molecule is CNC(=O)c1ccc(C(=O)N2CCC[C@@H]2Cn2nc(C)cc2C)cn1. The molecule has 0 aromatic carbocycles. The number of pyridine rings is 1. The van der Waals surface area contributed by atoms with Crippen LogP contribution in [0.5, 0.6) is 0 Å². The molecule has 2 aromatic heterocycles. The summed E-state index contributed by atoms with van der Waals surface area (Å²) in [5.74, 6) is -0.303. The first-order valence-corrected chi connectivity index (χ1v) is 8.49. The zero-order valence-electron chi connectivity index (χ0n) is 14.8. The second-order valence-electron chi connectivity index (χ2n) is 6.42. The van der Waals surface area contributed by atoms with Crippen molar-refractivity contribution in [3.63, 3.8) is 0 Å². The third-order valence-electron chi connectivity index (χ3n) is 4.60. The van der Waals surface area contributed by atoms with E-state index in [9.17, 15) is 9.59 Å². The third-order valence-corrected chi connectivity index (χ3v) is 4.60. The Morgan fingerprint density at radius 3 is 2.72 bits per heavy atom. The Bertz CT molecular complexity index is 781. The number of amides is 2. The fraction of sp³-hybridized carbons (Fsp3) is 0.444. The first kappa shape index (κ1) is 17.1. The molecule has 3 rings (SSSR count). The van der Waals surface area contributed by atoms with Crippen LogP contribution in [0.1, 0.15) is 45.1 Å². The van der Waals surface area contributed by atoms with E-state index in [0.717, 1.165) is 30.8 Å². The van der Waals surface area contributed by atoms with Crippen LogP contribution in [0, 0.1) is 13.8 Å². The summed E-state index contributed by atoms with van der Waals surface area (Å²) in [5, 5.41) is 7.02. The molecule has 1 aliphatic rings. The Labute approximate surface area is 147 Å². The number of likely N-dealkylation sites (tertiary alicyclic amines) is 1. The molecular formula is C18H23N5O2. The maximum Gasteiger partial charge on any atom is 0.269 e. The minimum atomic E-state index is -0.262. The minimum Gasteiger partial charge on any atom is -0.354 e. The topological polar surface area (TPSA) is 80.1 Å². The molecule has 3 heterocycles. The number of carbonyl (C=O) groups is 2. The highest BCUT2D eigenvalue weighted by Crippen LogP contribution is 2.22. The molecule has 1 saturated heterocycles. The van der Waals surface area contributed by atoms with Crippen LogP contribution in [-0.2, 0) is 6.54 Å². The Morgan fingerprint density at radius 2 is 2.12 bits per heavy atom. The van der Waals surface area contributed by atoms with E-state index in [1.54, 1.807) is 19.2 Å². The van der Waals surface area contributed by atoms with E-state index in [2.05, 4.69) is 15.4 Å². The van der Waals surface area contributed by atoms with Gasteiger partial charge in [-0.05, 0) is 44.9 Å². The van der Waals surface area contributed by atoms with Gasteiger partial charge in [0.15, 0.2) is 0 Å². The first-order chi connectivity index (χ1) is 12.0. The molecule has 0 unspecified atom stereocenters. The molecule has 1 atom stereocenters. The Balaban J connectivity index is 1.74. The molecule has 1 aliphatic heterocycles. The Kier molecular flexibility index (Phi) is 4.83. The number of nitrogens with zero attached hydrogens (tertiary/aromatic N) is 4. The lowest BCUT2D eigenvalue weighted by atomic mass is 10.2. The molecule has 2 aromatic rings. The van der Waals surface area contributed by atoms with Crippen LogP contribution in [0.2, 0.25) is 0 Å². The summed E-state index contributed by atoms with van der Waals surface area (Å²) in [6.45, 7) is 5.44. The van der Waals surface area contributed by atoms with Gasteiger partial charge in [-0.15, -0.1) is 0 Å². The molecule has 1 N–H and O–H groups in total. The van der Waals surface area contributed by atoms with Crippen LogP contribution >= 0.6 is 0 Å². The van der Waals surface area contributed by atoms with Crippen molar-refractivity contribution in [1.29, 1.82) is 0 Å². The quantitative estimate of drug-likeness (QED) is 0.915. The number of hydrogen-bond donors (Lipinski definition) is 1. The van der Waals surface area contributed by atoms with Crippen molar-refractivity contribution in [1.82, 2.24) is 25.0 Å². The summed E-state index contributed by atoms with van der Waals surface area (Å²) in [7, 11) is 1.55. The molecule has 132 valence electrons. The zero-order chi connectivity index (χ0) is 18.0. The minimum absolute atomic E-state index is 0.0417. The van der Waals surface area contributed by atoms with Crippen LogP contribution in [0.15, 0.2) is 24.4 Å². The lowest BCUT2D eigenvalue weighted by Gasteiger charge is -2.25. The lowest BCUT2D eigenvalue weighted by Crippen LogP contribution is -2.38. The number of aryl methyl sites for hydroxylation is 2. The van der Waals surface area contributed by atoms with Gasteiger partial charge < -0.3 is 10.2 Å². The summed E-state index contributed by atoms with van der Waals surface area (Å²) >= 11 is 0. The molecule has 7 nitrogen and oxygen atoms in total. The largest absolute Gasteiger partial charge is 0.354 e. The summed E-state index contributed by atoms with van der Waals surface area (Å²) < 4.78 is 1.97. The van der Waals surface area contributed by atoms with Crippen molar-refractivity contribution in [2.24, 2.45) is 0 Å². The van der Waals surface area contributed by atoms with Gasteiger partial charge in [0.05, 0.1) is 23.8 Å². The summed E-state index contributed by atoms with van der Waals surface area (Å²) in [4.78, 5) is 30.4. The van der Waals surface area contributed by atoms with Crippen molar-refractivity contribution < 1.29 is 9.59 Å². The molecule has 2 amide bonds. The maximum absolute atomic E-state index is 12.8. The average Bonchev–Trinajstić information content (AvgIpc) is 3.20. The van der Waals surface area contributed by atoms with Gasteiger partial charge in [0, 0.05) is 25.5 Å². The molecular weight excluding hydrogens is 318 g/mol. The van der Waals surface area contributed by atoms with Gasteiger partial charge >= 0.3 is 0 Å². The first-order valence-electron chi connectivity index (χ1n) is 8.49. The highest BCUT2D eigenvalue weighted by atomic mass is 16.2. The maximum atomic E-state index is 12.8. The number of nitrogens with one attached hydrogen (secondary N) is 1. The van der Waals surface area contributed by atoms with E-state index in [0.29, 0.717) is 17.8 Å². The van der Waals surface area contributed by atoms with Gasteiger partial charge in [0.2, 0.25) is 0 Å².